The molecule has 2 fully saturated rings. The largest absolute Gasteiger partial charge is 0.378 e. The van der Waals surface area contributed by atoms with Gasteiger partial charge in [0.2, 0.25) is 0 Å². The van der Waals surface area contributed by atoms with E-state index in [2.05, 4.69) is 23.5 Å². The fourth-order valence-electron chi connectivity index (χ4n) is 4.16. The maximum absolute atomic E-state index is 6.17. The molecule has 1 aliphatic heterocycles. The van der Waals surface area contributed by atoms with Crippen molar-refractivity contribution in [3.63, 3.8) is 0 Å². The number of rotatable bonds is 2. The third-order valence-corrected chi connectivity index (χ3v) is 5.42. The smallest absolute Gasteiger partial charge is 0.193 e. The van der Waals surface area contributed by atoms with Gasteiger partial charge in [0.25, 0.3) is 0 Å². The lowest BCUT2D eigenvalue weighted by Crippen LogP contribution is -2.49. The first kappa shape index (κ1) is 14.1. The van der Waals surface area contributed by atoms with E-state index < -0.39 is 0 Å². The van der Waals surface area contributed by atoms with Crippen LogP contribution in [0.25, 0.3) is 0 Å². The van der Waals surface area contributed by atoms with Gasteiger partial charge in [-0.15, -0.1) is 0 Å². The Balaban J connectivity index is 1.46. The topological polar surface area (TPSA) is 59.6 Å². The van der Waals surface area contributed by atoms with Gasteiger partial charge in [-0.2, -0.15) is 0 Å². The van der Waals surface area contributed by atoms with Crippen molar-refractivity contribution < 1.29 is 4.74 Å². The van der Waals surface area contributed by atoms with Gasteiger partial charge in [0.05, 0.1) is 12.1 Å². The van der Waals surface area contributed by atoms with E-state index in [1.807, 2.05) is 0 Å². The van der Waals surface area contributed by atoms with Crippen LogP contribution in [0.4, 0.5) is 5.69 Å². The predicted molar refractivity (Wildman–Crippen MR) is 89.2 cm³/mol. The maximum atomic E-state index is 6.17. The maximum Gasteiger partial charge on any atom is 0.193 e. The minimum absolute atomic E-state index is 0.345. The van der Waals surface area contributed by atoms with Crippen LogP contribution in [-0.4, -0.2) is 24.7 Å². The first-order chi connectivity index (χ1) is 10.8. The molecule has 0 spiro atoms. The van der Waals surface area contributed by atoms with E-state index in [1.54, 1.807) is 0 Å². The fraction of sp³-hybridized carbons (Fsp3) is 0.611. The van der Waals surface area contributed by atoms with Crippen LogP contribution in [0.15, 0.2) is 23.2 Å². The van der Waals surface area contributed by atoms with Crippen LogP contribution in [0.5, 0.6) is 0 Å². The fourth-order valence-corrected chi connectivity index (χ4v) is 4.16. The highest BCUT2D eigenvalue weighted by atomic mass is 16.5. The Morgan fingerprint density at radius 1 is 1.23 bits per heavy atom. The number of fused-ring (bicyclic) bond motifs is 2. The first-order valence-corrected chi connectivity index (χ1v) is 8.64. The van der Waals surface area contributed by atoms with Crippen LogP contribution in [-0.2, 0) is 17.6 Å². The third-order valence-electron chi connectivity index (χ3n) is 5.42. The van der Waals surface area contributed by atoms with Crippen molar-refractivity contribution >= 4 is 11.6 Å². The second kappa shape index (κ2) is 5.92. The molecule has 4 heteroatoms. The van der Waals surface area contributed by atoms with E-state index in [-0.39, 0.29) is 0 Å². The van der Waals surface area contributed by atoms with Crippen LogP contribution < -0.4 is 11.1 Å². The van der Waals surface area contributed by atoms with Crippen LogP contribution in [0.1, 0.15) is 43.2 Å². The second-order valence-corrected chi connectivity index (χ2v) is 6.81. The van der Waals surface area contributed by atoms with E-state index in [0.29, 0.717) is 24.0 Å². The highest BCUT2D eigenvalue weighted by Gasteiger charge is 2.43. The van der Waals surface area contributed by atoms with E-state index in [9.17, 15) is 0 Å². The number of nitrogens with two attached hydrogens (primary N) is 1. The molecule has 4 nitrogen and oxygen atoms in total. The Kier molecular flexibility index (Phi) is 3.78. The minimum Gasteiger partial charge on any atom is -0.378 e. The van der Waals surface area contributed by atoms with Gasteiger partial charge in [0, 0.05) is 18.2 Å². The first-order valence-electron chi connectivity index (χ1n) is 8.64. The number of ether oxygens (including phenoxy) is 1. The molecule has 1 saturated heterocycles. The molecular weight excluding hydrogens is 274 g/mol. The van der Waals surface area contributed by atoms with Gasteiger partial charge in [0.15, 0.2) is 5.96 Å². The van der Waals surface area contributed by atoms with Gasteiger partial charge in [-0.1, -0.05) is 12.1 Å². The summed E-state index contributed by atoms with van der Waals surface area (Å²) >= 11 is 0. The standard InChI is InChI=1S/C18H25N3O/c19-18(21-16-11-17-14(16)8-4-10-22-17)20-15-9-3-6-12-5-1-2-7-13(12)15/h3,6,9,14,16-17H,1-2,4-5,7-8,10-11H2,(H3,19,20,21). The van der Waals surface area contributed by atoms with E-state index in [0.717, 1.165) is 31.6 Å². The summed E-state index contributed by atoms with van der Waals surface area (Å²) in [7, 11) is 0. The molecule has 3 N–H and O–H groups in total. The zero-order valence-electron chi connectivity index (χ0n) is 13.1. The summed E-state index contributed by atoms with van der Waals surface area (Å²) in [6.45, 7) is 0.918. The average molecular weight is 299 g/mol. The number of guanidine groups is 1. The van der Waals surface area contributed by atoms with E-state index in [4.69, 9.17) is 15.5 Å². The molecule has 2 aliphatic carbocycles. The zero-order chi connectivity index (χ0) is 14.9. The molecule has 3 unspecified atom stereocenters. The van der Waals surface area contributed by atoms with Crippen molar-refractivity contribution in [3.05, 3.63) is 29.3 Å². The number of nitrogens with one attached hydrogen (secondary N) is 1. The molecule has 0 amide bonds. The summed E-state index contributed by atoms with van der Waals surface area (Å²) in [5, 5.41) is 3.35. The van der Waals surface area contributed by atoms with Crippen molar-refractivity contribution in [1.29, 1.82) is 0 Å². The summed E-state index contributed by atoms with van der Waals surface area (Å²) in [6, 6.07) is 6.83. The molecule has 3 atom stereocenters. The van der Waals surface area contributed by atoms with E-state index in [1.165, 1.54) is 36.8 Å². The van der Waals surface area contributed by atoms with Crippen molar-refractivity contribution in [2.45, 2.75) is 57.1 Å². The summed E-state index contributed by atoms with van der Waals surface area (Å²) in [4.78, 5) is 4.71. The lowest BCUT2D eigenvalue weighted by atomic mass is 9.73. The van der Waals surface area contributed by atoms with E-state index >= 15 is 0 Å². The van der Waals surface area contributed by atoms with Gasteiger partial charge < -0.3 is 15.8 Å². The normalized spacial score (nSPS) is 30.9. The SMILES string of the molecule is NC(=NC1CC2OCCCC12)Nc1cccc2c1CCCC2. The molecule has 1 saturated carbocycles. The number of aryl methyl sites for hydroxylation is 1. The number of hydrogen-bond acceptors (Lipinski definition) is 2. The van der Waals surface area contributed by atoms with Crippen LogP contribution in [0.3, 0.4) is 0 Å². The molecule has 0 radical (unpaired) electrons. The number of benzene rings is 1. The van der Waals surface area contributed by atoms with Gasteiger partial charge in [0.1, 0.15) is 0 Å². The summed E-state index contributed by atoms with van der Waals surface area (Å²) in [5.41, 5.74) is 10.2. The molecule has 1 heterocycles. The summed E-state index contributed by atoms with van der Waals surface area (Å²) < 4.78 is 5.75. The summed E-state index contributed by atoms with van der Waals surface area (Å²) in [5.74, 6) is 1.15. The van der Waals surface area contributed by atoms with Crippen molar-refractivity contribution in [2.75, 3.05) is 11.9 Å². The molecule has 118 valence electrons. The van der Waals surface area contributed by atoms with Crippen molar-refractivity contribution in [1.82, 2.24) is 0 Å². The highest BCUT2D eigenvalue weighted by Crippen LogP contribution is 2.39. The van der Waals surface area contributed by atoms with Crippen LogP contribution in [0.2, 0.25) is 0 Å². The second-order valence-electron chi connectivity index (χ2n) is 6.81. The van der Waals surface area contributed by atoms with Crippen molar-refractivity contribution in [3.8, 4) is 0 Å². The molecule has 0 aromatic heterocycles. The number of anilines is 1. The molecule has 3 aliphatic rings. The monoisotopic (exact) mass is 299 g/mol. The van der Waals surface area contributed by atoms with Gasteiger partial charge in [-0.3, -0.25) is 0 Å². The highest BCUT2D eigenvalue weighted by molar-refractivity contribution is 5.93. The van der Waals surface area contributed by atoms with Gasteiger partial charge in [-0.25, -0.2) is 4.99 Å². The number of nitrogens with zero attached hydrogens (tertiary/aromatic N) is 1. The molecule has 22 heavy (non-hydrogen) atoms. The van der Waals surface area contributed by atoms with Gasteiger partial charge in [-0.05, 0) is 62.1 Å². The number of hydrogen-bond donors (Lipinski definition) is 2. The lowest BCUT2D eigenvalue weighted by molar-refractivity contribution is -0.0937. The minimum atomic E-state index is 0.345. The molecule has 0 bridgehead atoms. The summed E-state index contributed by atoms with van der Waals surface area (Å²) in [6.07, 6.45) is 8.75. The lowest BCUT2D eigenvalue weighted by Gasteiger charge is -2.45. The Morgan fingerprint density at radius 2 is 2.14 bits per heavy atom. The average Bonchev–Trinajstić information content (AvgIpc) is 2.53. The van der Waals surface area contributed by atoms with Crippen LogP contribution in [0, 0.1) is 5.92 Å². The third kappa shape index (κ3) is 2.60. The van der Waals surface area contributed by atoms with Crippen molar-refractivity contribution in [2.24, 2.45) is 16.6 Å². The Hall–Kier alpha value is -1.55. The van der Waals surface area contributed by atoms with Gasteiger partial charge >= 0.3 is 0 Å². The molecular formula is C18H25N3O. The predicted octanol–water partition coefficient (Wildman–Crippen LogP) is 2.86. The molecule has 1 aromatic carbocycles. The van der Waals surface area contributed by atoms with Crippen LogP contribution >= 0.6 is 0 Å². The quantitative estimate of drug-likeness (QED) is 0.652. The zero-order valence-corrected chi connectivity index (χ0v) is 13.1. The Morgan fingerprint density at radius 3 is 3.05 bits per heavy atom. The molecule has 1 aromatic rings. The Bertz CT molecular complexity index is 584. The number of aliphatic imine (C=N–C) groups is 1. The Labute approximate surface area is 132 Å². The molecule has 4 rings (SSSR count).